The Kier molecular flexibility index (Phi) is 4.65. The standard InChI is InChI=1S/C9H15BrN4OSi/c1-16(2,3)5-4-15-7-14-8(6-11)12-9(10)13-14/h4-5,7H2,1-3H3. The average molecular weight is 303 g/mol. The molecule has 0 saturated carbocycles. The topological polar surface area (TPSA) is 63.7 Å². The van der Waals surface area contributed by atoms with Crippen molar-refractivity contribution < 1.29 is 4.74 Å². The lowest BCUT2D eigenvalue weighted by Crippen LogP contribution is -2.22. The fourth-order valence-electron chi connectivity index (χ4n) is 1.02. The van der Waals surface area contributed by atoms with Gasteiger partial charge in [-0.05, 0) is 22.0 Å². The summed E-state index contributed by atoms with van der Waals surface area (Å²) < 4.78 is 7.34. The molecule has 1 heterocycles. The summed E-state index contributed by atoms with van der Waals surface area (Å²) in [5, 5.41) is 12.8. The lowest BCUT2D eigenvalue weighted by atomic mass is 10.7. The zero-order chi connectivity index (χ0) is 12.2. The van der Waals surface area contributed by atoms with E-state index in [1.807, 2.05) is 6.07 Å². The molecule has 1 rings (SSSR count). The molecule has 0 unspecified atom stereocenters. The first-order valence-corrected chi connectivity index (χ1v) is 9.50. The Labute approximate surface area is 105 Å². The van der Waals surface area contributed by atoms with Crippen LogP contribution >= 0.6 is 15.9 Å². The Balaban J connectivity index is 2.41. The predicted octanol–water partition coefficient (Wildman–Crippen LogP) is 2.22. The lowest BCUT2D eigenvalue weighted by molar-refractivity contribution is 0.0775. The highest BCUT2D eigenvalue weighted by atomic mass is 79.9. The molecule has 0 aliphatic heterocycles. The van der Waals surface area contributed by atoms with Crippen LogP contribution in [0.2, 0.25) is 25.7 Å². The van der Waals surface area contributed by atoms with E-state index in [-0.39, 0.29) is 12.6 Å². The van der Waals surface area contributed by atoms with Crippen molar-refractivity contribution in [1.29, 1.82) is 5.26 Å². The van der Waals surface area contributed by atoms with Crippen molar-refractivity contribution in [3.63, 3.8) is 0 Å². The molecule has 0 aromatic carbocycles. The van der Waals surface area contributed by atoms with Crippen LogP contribution in [-0.4, -0.2) is 29.4 Å². The quantitative estimate of drug-likeness (QED) is 0.618. The minimum atomic E-state index is -1.06. The van der Waals surface area contributed by atoms with Crippen LogP contribution < -0.4 is 0 Å². The van der Waals surface area contributed by atoms with Gasteiger partial charge in [-0.2, -0.15) is 10.2 Å². The van der Waals surface area contributed by atoms with E-state index < -0.39 is 8.07 Å². The van der Waals surface area contributed by atoms with E-state index in [0.29, 0.717) is 11.3 Å². The van der Waals surface area contributed by atoms with Crippen LogP contribution in [-0.2, 0) is 11.5 Å². The van der Waals surface area contributed by atoms with Crippen molar-refractivity contribution in [3.05, 3.63) is 10.6 Å². The lowest BCUT2D eigenvalue weighted by Gasteiger charge is -2.15. The van der Waals surface area contributed by atoms with Crippen LogP contribution in [0.25, 0.3) is 0 Å². The maximum Gasteiger partial charge on any atom is 0.233 e. The molecule has 0 aliphatic rings. The van der Waals surface area contributed by atoms with Crippen molar-refractivity contribution in [1.82, 2.24) is 14.8 Å². The predicted molar refractivity (Wildman–Crippen MR) is 66.5 cm³/mol. The van der Waals surface area contributed by atoms with Gasteiger partial charge in [0, 0.05) is 14.7 Å². The summed E-state index contributed by atoms with van der Waals surface area (Å²) >= 11 is 3.12. The van der Waals surface area contributed by atoms with Crippen molar-refractivity contribution in [2.24, 2.45) is 0 Å². The smallest absolute Gasteiger partial charge is 0.233 e. The van der Waals surface area contributed by atoms with Crippen LogP contribution in [0.4, 0.5) is 0 Å². The van der Waals surface area contributed by atoms with E-state index in [2.05, 4.69) is 45.7 Å². The second-order valence-corrected chi connectivity index (χ2v) is 11.0. The third-order valence-electron chi connectivity index (χ3n) is 1.96. The van der Waals surface area contributed by atoms with Gasteiger partial charge in [-0.15, -0.1) is 5.10 Å². The van der Waals surface area contributed by atoms with Crippen LogP contribution in [0.15, 0.2) is 4.73 Å². The number of halogens is 1. The summed E-state index contributed by atoms with van der Waals surface area (Å²) in [4.78, 5) is 3.89. The molecule has 7 heteroatoms. The Hall–Kier alpha value is -0.713. The fraction of sp³-hybridized carbons (Fsp3) is 0.667. The molecule has 0 saturated heterocycles. The van der Waals surface area contributed by atoms with Gasteiger partial charge < -0.3 is 4.74 Å². The first-order chi connectivity index (χ1) is 7.42. The molecule has 0 radical (unpaired) electrons. The maximum atomic E-state index is 8.77. The molecule has 0 N–H and O–H groups in total. The van der Waals surface area contributed by atoms with E-state index in [4.69, 9.17) is 10.00 Å². The van der Waals surface area contributed by atoms with Crippen molar-refractivity contribution in [2.45, 2.75) is 32.4 Å². The summed E-state index contributed by atoms with van der Waals surface area (Å²) in [5.74, 6) is 0.264. The summed E-state index contributed by atoms with van der Waals surface area (Å²) in [5.41, 5.74) is 0. The van der Waals surface area contributed by atoms with Gasteiger partial charge in [0.15, 0.2) is 0 Å². The van der Waals surface area contributed by atoms with Gasteiger partial charge in [0.25, 0.3) is 0 Å². The van der Waals surface area contributed by atoms with E-state index in [0.717, 1.165) is 6.04 Å². The number of rotatable bonds is 5. The highest BCUT2D eigenvalue weighted by molar-refractivity contribution is 9.10. The number of nitriles is 1. The average Bonchev–Trinajstić information content (AvgIpc) is 2.52. The Morgan fingerprint density at radius 2 is 2.19 bits per heavy atom. The highest BCUT2D eigenvalue weighted by Crippen LogP contribution is 2.08. The normalized spacial score (nSPS) is 11.4. The van der Waals surface area contributed by atoms with Gasteiger partial charge in [0.2, 0.25) is 10.6 Å². The van der Waals surface area contributed by atoms with Gasteiger partial charge in [-0.3, -0.25) is 0 Å². The minimum Gasteiger partial charge on any atom is -0.359 e. The van der Waals surface area contributed by atoms with E-state index in [1.54, 1.807) is 0 Å². The number of hydrogen-bond donors (Lipinski definition) is 0. The third-order valence-corrected chi connectivity index (χ3v) is 4.00. The molecule has 5 nitrogen and oxygen atoms in total. The monoisotopic (exact) mass is 302 g/mol. The third kappa shape index (κ3) is 4.43. The van der Waals surface area contributed by atoms with Crippen LogP contribution in [0.5, 0.6) is 0 Å². The van der Waals surface area contributed by atoms with Crippen molar-refractivity contribution in [2.75, 3.05) is 6.61 Å². The summed E-state index contributed by atoms with van der Waals surface area (Å²) in [7, 11) is -1.06. The first-order valence-electron chi connectivity index (χ1n) is 5.00. The zero-order valence-electron chi connectivity index (χ0n) is 9.70. The van der Waals surface area contributed by atoms with E-state index in [9.17, 15) is 0 Å². The van der Waals surface area contributed by atoms with Crippen molar-refractivity contribution >= 4 is 24.0 Å². The fourth-order valence-corrected chi connectivity index (χ4v) is 2.13. The molecule has 0 spiro atoms. The van der Waals surface area contributed by atoms with Crippen LogP contribution in [0, 0.1) is 11.3 Å². The molecule has 0 fully saturated rings. The molecule has 0 amide bonds. The molecule has 0 atom stereocenters. The molecular weight excluding hydrogens is 288 g/mol. The largest absolute Gasteiger partial charge is 0.359 e. The van der Waals surface area contributed by atoms with Gasteiger partial charge in [-0.25, -0.2) is 4.68 Å². The molecule has 0 bridgehead atoms. The number of aromatic nitrogens is 3. The number of nitrogens with zero attached hydrogens (tertiary/aromatic N) is 4. The molecule has 0 aliphatic carbocycles. The maximum absolute atomic E-state index is 8.77. The molecule has 16 heavy (non-hydrogen) atoms. The second kappa shape index (κ2) is 5.57. The number of hydrogen-bond acceptors (Lipinski definition) is 4. The Bertz CT molecular complexity index is 393. The second-order valence-electron chi connectivity index (χ2n) is 4.66. The van der Waals surface area contributed by atoms with Gasteiger partial charge >= 0.3 is 0 Å². The molecule has 88 valence electrons. The van der Waals surface area contributed by atoms with Gasteiger partial charge in [0.1, 0.15) is 12.8 Å². The van der Waals surface area contributed by atoms with E-state index >= 15 is 0 Å². The highest BCUT2D eigenvalue weighted by Gasteiger charge is 2.12. The SMILES string of the molecule is C[Si](C)(C)CCOCn1nc(Br)nc1C#N. The first kappa shape index (κ1) is 13.4. The molecular formula is C9H15BrN4OSi. The number of ether oxygens (including phenoxy) is 1. The Morgan fingerprint density at radius 3 is 2.75 bits per heavy atom. The molecule has 1 aromatic heterocycles. The summed E-state index contributed by atoms with van der Waals surface area (Å²) in [6, 6.07) is 3.06. The van der Waals surface area contributed by atoms with E-state index in [1.165, 1.54) is 4.68 Å². The minimum absolute atomic E-state index is 0.264. The molecule has 1 aromatic rings. The van der Waals surface area contributed by atoms with Crippen LogP contribution in [0.3, 0.4) is 0 Å². The summed E-state index contributed by atoms with van der Waals surface area (Å²) in [6.45, 7) is 7.87. The van der Waals surface area contributed by atoms with Crippen molar-refractivity contribution in [3.8, 4) is 6.07 Å². The summed E-state index contributed by atoms with van der Waals surface area (Å²) in [6.07, 6.45) is 0. The Morgan fingerprint density at radius 1 is 1.50 bits per heavy atom. The van der Waals surface area contributed by atoms with Gasteiger partial charge in [-0.1, -0.05) is 19.6 Å². The zero-order valence-corrected chi connectivity index (χ0v) is 12.3. The van der Waals surface area contributed by atoms with Gasteiger partial charge in [0.05, 0.1) is 0 Å². The van der Waals surface area contributed by atoms with Crippen LogP contribution in [0.1, 0.15) is 5.82 Å².